The molecule has 0 saturated carbocycles. The maximum atomic E-state index is 12.0. The minimum absolute atomic E-state index is 0.0602. The smallest absolute Gasteiger partial charge is 0.360 e. The highest BCUT2D eigenvalue weighted by Crippen LogP contribution is 2.12. The summed E-state index contributed by atoms with van der Waals surface area (Å²) in [5, 5.41) is 3.86. The number of halogens is 2. The third-order valence-corrected chi connectivity index (χ3v) is 2.70. The first-order valence-corrected chi connectivity index (χ1v) is 6.11. The predicted molar refractivity (Wildman–Crippen MR) is 69.1 cm³/mol. The molecule has 0 aliphatic carbocycles. The molecule has 0 aliphatic heterocycles. The summed E-state index contributed by atoms with van der Waals surface area (Å²) in [4.78, 5) is 39.0. The van der Waals surface area contributed by atoms with Crippen molar-refractivity contribution in [3.63, 3.8) is 0 Å². The molecule has 2 aromatic rings. The maximum Gasteiger partial charge on any atom is 0.360 e. The van der Waals surface area contributed by atoms with Crippen LogP contribution in [0.25, 0.3) is 11.0 Å². The Balaban J connectivity index is 2.39. The third kappa shape index (κ3) is 3.19. The van der Waals surface area contributed by atoms with Gasteiger partial charge >= 0.3 is 11.7 Å². The molecule has 0 unspecified atom stereocenters. The Morgan fingerprint density at radius 3 is 2.73 bits per heavy atom. The minimum atomic E-state index is -2.61. The molecule has 9 nitrogen and oxygen atoms in total. The Hall–Kier alpha value is -2.56. The van der Waals surface area contributed by atoms with Crippen LogP contribution in [0.1, 0.15) is 10.5 Å². The first-order valence-electron chi connectivity index (χ1n) is 6.11. The van der Waals surface area contributed by atoms with Crippen LogP contribution in [0.5, 0.6) is 0 Å². The largest absolute Gasteiger partial charge is 0.464 e. The fraction of sp³-hybridized carbons (Fsp3) is 0.455. The van der Waals surface area contributed by atoms with Crippen molar-refractivity contribution in [3.8, 4) is 0 Å². The van der Waals surface area contributed by atoms with Crippen molar-refractivity contribution in [2.75, 3.05) is 20.3 Å². The highest BCUT2D eigenvalue weighted by Gasteiger charge is 2.21. The van der Waals surface area contributed by atoms with Gasteiger partial charge in [-0.2, -0.15) is 5.10 Å². The Bertz CT molecular complexity index is 794. The van der Waals surface area contributed by atoms with Crippen LogP contribution in [0.4, 0.5) is 8.78 Å². The Morgan fingerprint density at radius 1 is 1.36 bits per heavy atom. The molecule has 0 fully saturated rings. The third-order valence-electron chi connectivity index (χ3n) is 2.70. The number of nitrogens with zero attached hydrogens (tertiary/aromatic N) is 2. The number of alkyl halides is 2. The fourth-order valence-electron chi connectivity index (χ4n) is 1.84. The number of hydrogen-bond acceptors (Lipinski definition) is 6. The summed E-state index contributed by atoms with van der Waals surface area (Å²) in [5.41, 5.74) is -2.00. The van der Waals surface area contributed by atoms with Gasteiger partial charge < -0.3 is 14.5 Å². The van der Waals surface area contributed by atoms with E-state index in [1.165, 1.54) is 0 Å². The SMILES string of the molecule is COC(=O)c1nn(CCOCC(F)F)c2c(=O)[nH]c(=O)[nH]c12. The van der Waals surface area contributed by atoms with E-state index < -0.39 is 30.3 Å². The van der Waals surface area contributed by atoms with Crippen molar-refractivity contribution in [3.05, 3.63) is 26.5 Å². The van der Waals surface area contributed by atoms with E-state index in [9.17, 15) is 23.2 Å². The van der Waals surface area contributed by atoms with Gasteiger partial charge in [-0.15, -0.1) is 0 Å². The van der Waals surface area contributed by atoms with Gasteiger partial charge in [0.15, 0.2) is 11.2 Å². The number of ether oxygens (including phenoxy) is 2. The molecule has 11 heteroatoms. The molecule has 2 heterocycles. The zero-order valence-corrected chi connectivity index (χ0v) is 11.4. The Kier molecular flexibility index (Phi) is 4.65. The number of nitrogens with one attached hydrogen (secondary N) is 2. The van der Waals surface area contributed by atoms with Crippen molar-refractivity contribution in [1.29, 1.82) is 0 Å². The summed E-state index contributed by atoms with van der Waals surface area (Å²) in [6.45, 7) is -0.966. The number of carbonyl (C=O) groups excluding carboxylic acids is 1. The van der Waals surface area contributed by atoms with Gasteiger partial charge in [0.1, 0.15) is 12.1 Å². The van der Waals surface area contributed by atoms with Crippen molar-refractivity contribution >= 4 is 17.0 Å². The van der Waals surface area contributed by atoms with E-state index >= 15 is 0 Å². The van der Waals surface area contributed by atoms with E-state index in [0.717, 1.165) is 11.8 Å². The van der Waals surface area contributed by atoms with Crippen LogP contribution < -0.4 is 11.2 Å². The normalized spacial score (nSPS) is 11.3. The summed E-state index contributed by atoms with van der Waals surface area (Å²) in [6, 6.07) is 0. The molecular weight excluding hydrogens is 306 g/mol. The number of esters is 1. The number of H-pyrrole nitrogens is 2. The lowest BCUT2D eigenvalue weighted by Gasteiger charge is -2.04. The van der Waals surface area contributed by atoms with E-state index in [2.05, 4.69) is 14.8 Å². The first-order chi connectivity index (χ1) is 10.4. The van der Waals surface area contributed by atoms with Crippen LogP contribution >= 0.6 is 0 Å². The molecule has 0 aliphatic rings. The van der Waals surface area contributed by atoms with Gasteiger partial charge in [-0.05, 0) is 0 Å². The number of fused-ring (bicyclic) bond motifs is 1. The molecule has 0 radical (unpaired) electrons. The van der Waals surface area contributed by atoms with Crippen LogP contribution in [0.15, 0.2) is 9.59 Å². The summed E-state index contributed by atoms with van der Waals surface area (Å²) in [5.74, 6) is -0.849. The molecule has 2 rings (SSSR count). The van der Waals surface area contributed by atoms with Crippen molar-refractivity contribution in [2.45, 2.75) is 13.0 Å². The van der Waals surface area contributed by atoms with E-state index in [-0.39, 0.29) is 29.9 Å². The lowest BCUT2D eigenvalue weighted by atomic mass is 10.3. The molecular formula is C11H12F2N4O5. The topological polar surface area (TPSA) is 119 Å². The average molecular weight is 318 g/mol. The minimum Gasteiger partial charge on any atom is -0.464 e. The second kappa shape index (κ2) is 6.47. The van der Waals surface area contributed by atoms with Crippen LogP contribution in [-0.2, 0) is 16.0 Å². The number of methoxy groups -OCH3 is 1. The first kappa shape index (κ1) is 15.8. The molecule has 0 saturated heterocycles. The van der Waals surface area contributed by atoms with Gasteiger partial charge in [-0.1, -0.05) is 0 Å². The Morgan fingerprint density at radius 2 is 2.09 bits per heavy atom. The van der Waals surface area contributed by atoms with Crippen LogP contribution in [0, 0.1) is 0 Å². The average Bonchev–Trinajstić information content (AvgIpc) is 2.81. The zero-order chi connectivity index (χ0) is 16.3. The molecule has 0 amide bonds. The molecule has 0 aromatic carbocycles. The van der Waals surface area contributed by atoms with E-state index in [4.69, 9.17) is 4.74 Å². The van der Waals surface area contributed by atoms with Gasteiger partial charge in [-0.25, -0.2) is 18.4 Å². The summed E-state index contributed by atoms with van der Waals surface area (Å²) >= 11 is 0. The lowest BCUT2D eigenvalue weighted by Crippen LogP contribution is -2.24. The van der Waals surface area contributed by atoms with Crippen LogP contribution in [-0.4, -0.2) is 52.5 Å². The van der Waals surface area contributed by atoms with Crippen molar-refractivity contribution < 1.29 is 23.0 Å². The van der Waals surface area contributed by atoms with Crippen LogP contribution in [0.2, 0.25) is 0 Å². The van der Waals surface area contributed by atoms with Crippen LogP contribution in [0.3, 0.4) is 0 Å². The van der Waals surface area contributed by atoms with Gasteiger partial charge in [0.25, 0.3) is 12.0 Å². The molecule has 22 heavy (non-hydrogen) atoms. The van der Waals surface area contributed by atoms with Crippen molar-refractivity contribution in [2.24, 2.45) is 0 Å². The zero-order valence-electron chi connectivity index (χ0n) is 11.4. The molecule has 120 valence electrons. The van der Waals surface area contributed by atoms with E-state index in [0.29, 0.717) is 0 Å². The summed E-state index contributed by atoms with van der Waals surface area (Å²) < 4.78 is 34.2. The van der Waals surface area contributed by atoms with Gasteiger partial charge in [0.2, 0.25) is 0 Å². The van der Waals surface area contributed by atoms with Crippen molar-refractivity contribution in [1.82, 2.24) is 19.7 Å². The number of hydrogen-bond donors (Lipinski definition) is 2. The quantitative estimate of drug-likeness (QED) is 0.546. The molecule has 0 spiro atoms. The monoisotopic (exact) mass is 318 g/mol. The number of aromatic amines is 2. The highest BCUT2D eigenvalue weighted by atomic mass is 19.3. The second-order valence-electron chi connectivity index (χ2n) is 4.16. The van der Waals surface area contributed by atoms with Gasteiger partial charge in [0.05, 0.1) is 20.3 Å². The number of rotatable bonds is 6. The fourth-order valence-corrected chi connectivity index (χ4v) is 1.84. The molecule has 0 atom stereocenters. The van der Waals surface area contributed by atoms with E-state index in [1.807, 2.05) is 4.98 Å². The Labute approximate surface area is 120 Å². The molecule has 2 aromatic heterocycles. The summed E-state index contributed by atoms with van der Waals surface area (Å²) in [7, 11) is 1.12. The standard InChI is InChI=1S/C11H12F2N4O5/c1-21-10(19)7-6-8(9(18)15-11(20)14-6)17(16-7)2-3-22-4-5(12)13/h5H,2-4H2,1H3,(H2,14,15,18,20). The highest BCUT2D eigenvalue weighted by molar-refractivity contribution is 5.99. The maximum absolute atomic E-state index is 12.0. The van der Waals surface area contributed by atoms with Gasteiger partial charge in [-0.3, -0.25) is 14.5 Å². The lowest BCUT2D eigenvalue weighted by molar-refractivity contribution is 0.0142. The second-order valence-corrected chi connectivity index (χ2v) is 4.16. The number of aromatic nitrogens is 4. The number of carbonyl (C=O) groups is 1. The molecule has 2 N–H and O–H groups in total. The van der Waals surface area contributed by atoms with Gasteiger partial charge in [0, 0.05) is 0 Å². The molecule has 0 bridgehead atoms. The predicted octanol–water partition coefficient (Wildman–Crippen LogP) is -0.519. The summed E-state index contributed by atoms with van der Waals surface area (Å²) in [6.07, 6.45) is -2.61. The van der Waals surface area contributed by atoms with E-state index in [1.54, 1.807) is 0 Å².